The van der Waals surface area contributed by atoms with Crippen molar-refractivity contribution >= 4 is 44.8 Å². The zero-order valence-corrected chi connectivity index (χ0v) is 22.1. The Morgan fingerprint density at radius 3 is 2.08 bits per heavy atom. The van der Waals surface area contributed by atoms with Crippen LogP contribution in [0.15, 0.2) is 114 Å². The van der Waals surface area contributed by atoms with Crippen molar-refractivity contribution in [1.29, 1.82) is 0 Å². The van der Waals surface area contributed by atoms with E-state index in [0.717, 1.165) is 9.87 Å². The molecule has 9 heteroatoms. The number of sulfonamides is 1. The first-order chi connectivity index (χ1) is 18.3. The van der Waals surface area contributed by atoms with E-state index in [4.69, 9.17) is 11.6 Å². The number of benzene rings is 4. The first kappa shape index (κ1) is 26.9. The predicted octanol–water partition coefficient (Wildman–Crippen LogP) is 5.67. The number of para-hydroxylation sites is 2. The Labute approximate surface area is 227 Å². The summed E-state index contributed by atoms with van der Waals surface area (Å²) in [6.45, 7) is 1.31. The fraction of sp³-hybridized carbons (Fsp3) is 0.103. The summed E-state index contributed by atoms with van der Waals surface area (Å²) < 4.78 is 28.0. The van der Waals surface area contributed by atoms with Gasteiger partial charge in [0.2, 0.25) is 5.91 Å². The van der Waals surface area contributed by atoms with Gasteiger partial charge in [0, 0.05) is 0 Å². The van der Waals surface area contributed by atoms with Gasteiger partial charge in [0.15, 0.2) is 0 Å². The van der Waals surface area contributed by atoms with E-state index >= 15 is 0 Å². The molecule has 0 heterocycles. The zero-order chi connectivity index (χ0) is 27.1. The van der Waals surface area contributed by atoms with Gasteiger partial charge in [0.1, 0.15) is 6.54 Å². The number of anilines is 2. The average molecular weight is 548 g/mol. The minimum Gasteiger partial charge on any atom is -0.345 e. The molecule has 4 aromatic carbocycles. The molecule has 0 fully saturated rings. The molecule has 7 nitrogen and oxygen atoms in total. The molecule has 1 atom stereocenters. The van der Waals surface area contributed by atoms with E-state index in [1.54, 1.807) is 60.7 Å². The first-order valence-electron chi connectivity index (χ1n) is 11.8. The van der Waals surface area contributed by atoms with Crippen molar-refractivity contribution < 1.29 is 18.0 Å². The van der Waals surface area contributed by atoms with E-state index in [9.17, 15) is 18.0 Å². The van der Waals surface area contributed by atoms with E-state index in [0.29, 0.717) is 0 Å². The fourth-order valence-electron chi connectivity index (χ4n) is 3.88. The third kappa shape index (κ3) is 6.22. The summed E-state index contributed by atoms with van der Waals surface area (Å²) in [7, 11) is -4.13. The number of carbonyl (C=O) groups excluding carboxylic acids is 2. The summed E-state index contributed by atoms with van der Waals surface area (Å²) in [4.78, 5) is 26.3. The summed E-state index contributed by atoms with van der Waals surface area (Å²) in [5.74, 6) is -1.02. The van der Waals surface area contributed by atoms with E-state index in [2.05, 4.69) is 10.6 Å². The maximum atomic E-state index is 13.5. The molecular formula is C29H26ClN3O4S. The van der Waals surface area contributed by atoms with Crippen LogP contribution in [-0.4, -0.2) is 26.8 Å². The van der Waals surface area contributed by atoms with Crippen LogP contribution >= 0.6 is 11.6 Å². The van der Waals surface area contributed by atoms with Crippen molar-refractivity contribution in [2.45, 2.75) is 17.9 Å². The topological polar surface area (TPSA) is 95.6 Å². The second-order valence-electron chi connectivity index (χ2n) is 8.48. The van der Waals surface area contributed by atoms with Gasteiger partial charge >= 0.3 is 0 Å². The molecular weight excluding hydrogens is 522 g/mol. The highest BCUT2D eigenvalue weighted by Gasteiger charge is 2.29. The molecule has 0 radical (unpaired) electrons. The van der Waals surface area contributed by atoms with Crippen LogP contribution in [0.4, 0.5) is 11.4 Å². The third-order valence-electron chi connectivity index (χ3n) is 5.83. The second kappa shape index (κ2) is 11.9. The second-order valence-corrected chi connectivity index (χ2v) is 10.7. The summed E-state index contributed by atoms with van der Waals surface area (Å²) >= 11 is 6.33. The van der Waals surface area contributed by atoms with Crippen LogP contribution < -0.4 is 14.9 Å². The van der Waals surface area contributed by atoms with Crippen LogP contribution in [0, 0.1) is 0 Å². The lowest BCUT2D eigenvalue weighted by atomic mass is 10.1. The van der Waals surface area contributed by atoms with Gasteiger partial charge in [-0.1, -0.05) is 84.4 Å². The standard InChI is InChI=1S/C29H26ClN3O4S/c1-21(22-12-4-2-5-13-22)31-29(35)24-16-8-10-18-26(24)32-28(34)20-33(27-19-11-9-17-25(27)30)38(36,37)23-14-6-3-7-15-23/h2-19,21H,20H2,1H3,(H,31,35)(H,32,34)/t21-/m0/s1. The monoisotopic (exact) mass is 547 g/mol. The minimum atomic E-state index is -4.13. The van der Waals surface area contributed by atoms with E-state index < -0.39 is 22.5 Å². The van der Waals surface area contributed by atoms with Crippen molar-refractivity contribution in [2.75, 3.05) is 16.2 Å². The smallest absolute Gasteiger partial charge is 0.264 e. The van der Waals surface area contributed by atoms with Crippen molar-refractivity contribution in [3.8, 4) is 0 Å². The highest BCUT2D eigenvalue weighted by atomic mass is 35.5. The lowest BCUT2D eigenvalue weighted by molar-refractivity contribution is -0.114. The maximum absolute atomic E-state index is 13.5. The summed E-state index contributed by atoms with van der Waals surface area (Å²) in [5, 5.41) is 5.81. The Bertz CT molecular complexity index is 1530. The number of rotatable bonds is 9. The number of carbonyl (C=O) groups is 2. The third-order valence-corrected chi connectivity index (χ3v) is 7.93. The van der Waals surface area contributed by atoms with Gasteiger partial charge in [0.05, 0.1) is 32.9 Å². The number of nitrogens with zero attached hydrogens (tertiary/aromatic N) is 1. The molecule has 0 saturated carbocycles. The van der Waals surface area contributed by atoms with Gasteiger partial charge in [-0.15, -0.1) is 0 Å². The maximum Gasteiger partial charge on any atom is 0.264 e. The number of hydrogen-bond acceptors (Lipinski definition) is 4. The van der Waals surface area contributed by atoms with Gasteiger partial charge in [-0.2, -0.15) is 0 Å². The molecule has 2 N–H and O–H groups in total. The van der Waals surface area contributed by atoms with Gasteiger partial charge in [0.25, 0.3) is 15.9 Å². The molecule has 194 valence electrons. The van der Waals surface area contributed by atoms with Crippen LogP contribution in [0.5, 0.6) is 0 Å². The Morgan fingerprint density at radius 1 is 0.816 bits per heavy atom. The van der Waals surface area contributed by atoms with Crippen molar-refractivity contribution in [1.82, 2.24) is 5.32 Å². The van der Waals surface area contributed by atoms with Crippen molar-refractivity contribution in [2.24, 2.45) is 0 Å². The molecule has 0 aliphatic heterocycles. The zero-order valence-electron chi connectivity index (χ0n) is 20.5. The number of nitrogens with one attached hydrogen (secondary N) is 2. The molecule has 0 unspecified atom stereocenters. The van der Waals surface area contributed by atoms with Crippen molar-refractivity contribution in [3.63, 3.8) is 0 Å². The van der Waals surface area contributed by atoms with Crippen molar-refractivity contribution in [3.05, 3.63) is 125 Å². The minimum absolute atomic E-state index is 0.0161. The number of halogens is 1. The first-order valence-corrected chi connectivity index (χ1v) is 13.7. The average Bonchev–Trinajstić information content (AvgIpc) is 2.93. The molecule has 2 amide bonds. The molecule has 0 aliphatic carbocycles. The Morgan fingerprint density at radius 2 is 1.39 bits per heavy atom. The van der Waals surface area contributed by atoms with E-state index in [1.165, 1.54) is 18.2 Å². The Balaban J connectivity index is 1.58. The molecule has 0 bridgehead atoms. The summed E-state index contributed by atoms with van der Waals surface area (Å²) in [6, 6.07) is 30.0. The fourth-order valence-corrected chi connectivity index (χ4v) is 5.63. The highest BCUT2D eigenvalue weighted by molar-refractivity contribution is 7.92. The Kier molecular flexibility index (Phi) is 8.45. The van der Waals surface area contributed by atoms with E-state index in [1.807, 2.05) is 37.3 Å². The summed E-state index contributed by atoms with van der Waals surface area (Å²) in [6.07, 6.45) is 0. The largest absolute Gasteiger partial charge is 0.345 e. The molecule has 0 aliphatic rings. The molecule has 0 spiro atoms. The molecule has 38 heavy (non-hydrogen) atoms. The van der Waals surface area contributed by atoms with Crippen LogP contribution in [0.3, 0.4) is 0 Å². The Hall–Kier alpha value is -4.14. The van der Waals surface area contributed by atoms with Crippen LogP contribution in [0.25, 0.3) is 0 Å². The SMILES string of the molecule is C[C@H](NC(=O)c1ccccc1NC(=O)CN(c1ccccc1Cl)S(=O)(=O)c1ccccc1)c1ccccc1. The number of amides is 2. The number of hydrogen-bond donors (Lipinski definition) is 2. The normalized spacial score (nSPS) is 11.8. The molecule has 4 rings (SSSR count). The quantitative estimate of drug-likeness (QED) is 0.282. The van der Waals surface area contributed by atoms with E-state index in [-0.39, 0.29) is 38.8 Å². The lowest BCUT2D eigenvalue weighted by Gasteiger charge is -2.25. The van der Waals surface area contributed by atoms with Gasteiger partial charge in [-0.05, 0) is 48.9 Å². The van der Waals surface area contributed by atoms with Gasteiger partial charge in [-0.3, -0.25) is 13.9 Å². The summed E-state index contributed by atoms with van der Waals surface area (Å²) in [5.41, 5.74) is 1.60. The lowest BCUT2D eigenvalue weighted by Crippen LogP contribution is -2.38. The molecule has 4 aromatic rings. The van der Waals surface area contributed by atoms with Crippen LogP contribution in [0.1, 0.15) is 28.9 Å². The van der Waals surface area contributed by atoms with Gasteiger partial charge in [-0.25, -0.2) is 8.42 Å². The highest BCUT2D eigenvalue weighted by Crippen LogP contribution is 2.30. The van der Waals surface area contributed by atoms with Crippen LogP contribution in [-0.2, 0) is 14.8 Å². The molecule has 0 saturated heterocycles. The van der Waals surface area contributed by atoms with Crippen LogP contribution in [0.2, 0.25) is 5.02 Å². The predicted molar refractivity (Wildman–Crippen MR) is 150 cm³/mol. The van der Waals surface area contributed by atoms with Gasteiger partial charge < -0.3 is 10.6 Å². The molecule has 0 aromatic heterocycles.